The first kappa shape index (κ1) is 23.0. The zero-order chi connectivity index (χ0) is 23.2. The molecular weight excluding hydrogens is 461 g/mol. The van der Waals surface area contributed by atoms with E-state index in [1.54, 1.807) is 30.2 Å². The second-order valence-electron chi connectivity index (χ2n) is 7.58. The zero-order valence-electron chi connectivity index (χ0n) is 18.0. The summed E-state index contributed by atoms with van der Waals surface area (Å²) in [5.41, 5.74) is 3.18. The molecule has 2 amide bonds. The molecule has 0 aromatic heterocycles. The van der Waals surface area contributed by atoms with Crippen LogP contribution in [0.2, 0.25) is 10.0 Å². The van der Waals surface area contributed by atoms with Gasteiger partial charge in [0.05, 0.1) is 25.1 Å². The average molecular weight is 484 g/mol. The topological polar surface area (TPSA) is 63.2 Å². The van der Waals surface area contributed by atoms with E-state index in [4.69, 9.17) is 32.8 Å². The van der Waals surface area contributed by atoms with Gasteiger partial charge in [0.25, 0.3) is 0 Å². The van der Waals surface area contributed by atoms with Crippen LogP contribution in [0.4, 0.5) is 10.5 Å². The zero-order valence-corrected chi connectivity index (χ0v) is 19.5. The highest BCUT2D eigenvalue weighted by atomic mass is 35.5. The van der Waals surface area contributed by atoms with Crippen LogP contribution in [0.25, 0.3) is 0 Å². The van der Waals surface area contributed by atoms with Crippen molar-refractivity contribution in [3.8, 4) is 5.75 Å². The molecule has 0 bridgehead atoms. The number of ether oxygens (including phenoxy) is 1. The standard InChI is InChI=1S/C25H23Cl2N3O3/c1-32-24-9-5-4-8-22(24)28-25(31)30(15-18-6-2-3-7-21(18)27)16-20-14-23(29-33-20)17-10-12-19(26)13-11-17/h2-13,20H,14-16H2,1H3,(H,28,31)/t20-/m0/s1. The SMILES string of the molecule is COc1ccccc1NC(=O)N(Cc1ccccc1Cl)C[C@@H]1CC(c2ccc(Cl)cc2)=NO1. The third-order valence-corrected chi connectivity index (χ3v) is 5.91. The molecule has 0 fully saturated rings. The van der Waals surface area contributed by atoms with Crippen molar-refractivity contribution in [1.29, 1.82) is 0 Å². The van der Waals surface area contributed by atoms with Gasteiger partial charge in [-0.1, -0.05) is 70.8 Å². The molecule has 0 spiro atoms. The van der Waals surface area contributed by atoms with Gasteiger partial charge in [-0.15, -0.1) is 0 Å². The Morgan fingerprint density at radius 1 is 1.09 bits per heavy atom. The fourth-order valence-corrected chi connectivity index (χ4v) is 3.90. The fourth-order valence-electron chi connectivity index (χ4n) is 3.58. The number of benzene rings is 3. The van der Waals surface area contributed by atoms with E-state index in [1.165, 1.54) is 0 Å². The van der Waals surface area contributed by atoms with E-state index >= 15 is 0 Å². The highest BCUT2D eigenvalue weighted by molar-refractivity contribution is 6.31. The number of urea groups is 1. The fraction of sp³-hybridized carbons (Fsp3) is 0.200. The number of rotatable bonds is 7. The predicted molar refractivity (Wildman–Crippen MR) is 131 cm³/mol. The summed E-state index contributed by atoms with van der Waals surface area (Å²) in [4.78, 5) is 20.6. The van der Waals surface area contributed by atoms with Crippen LogP contribution in [0.15, 0.2) is 78.0 Å². The van der Waals surface area contributed by atoms with Crippen LogP contribution in [0.3, 0.4) is 0 Å². The molecule has 3 aromatic carbocycles. The summed E-state index contributed by atoms with van der Waals surface area (Å²) in [5.74, 6) is 0.578. The Kier molecular flexibility index (Phi) is 7.37. The van der Waals surface area contributed by atoms with E-state index in [-0.39, 0.29) is 12.1 Å². The van der Waals surface area contributed by atoms with Gasteiger partial charge in [0.1, 0.15) is 5.75 Å². The predicted octanol–water partition coefficient (Wildman–Crippen LogP) is 6.23. The molecule has 4 rings (SSSR count). The van der Waals surface area contributed by atoms with Gasteiger partial charge in [-0.25, -0.2) is 4.79 Å². The minimum absolute atomic E-state index is 0.289. The van der Waals surface area contributed by atoms with Crippen molar-refractivity contribution in [2.24, 2.45) is 5.16 Å². The molecule has 0 saturated carbocycles. The number of nitrogens with one attached hydrogen (secondary N) is 1. The van der Waals surface area contributed by atoms with Gasteiger partial charge in [0.15, 0.2) is 6.10 Å². The van der Waals surface area contributed by atoms with Gasteiger partial charge in [-0.05, 0) is 41.5 Å². The molecule has 1 aliphatic heterocycles. The highest BCUT2D eigenvalue weighted by Crippen LogP contribution is 2.26. The second kappa shape index (κ2) is 10.6. The Morgan fingerprint density at radius 2 is 1.82 bits per heavy atom. The van der Waals surface area contributed by atoms with E-state index in [2.05, 4.69) is 10.5 Å². The molecule has 0 radical (unpaired) electrons. The summed E-state index contributed by atoms with van der Waals surface area (Å²) in [7, 11) is 1.56. The monoisotopic (exact) mass is 483 g/mol. The number of nitrogens with zero attached hydrogens (tertiary/aromatic N) is 2. The second-order valence-corrected chi connectivity index (χ2v) is 8.42. The molecule has 6 nitrogen and oxygen atoms in total. The van der Waals surface area contributed by atoms with E-state index < -0.39 is 0 Å². The first-order chi connectivity index (χ1) is 16.0. The number of halogens is 2. The van der Waals surface area contributed by atoms with Crippen molar-refractivity contribution >= 4 is 40.6 Å². The summed E-state index contributed by atoms with van der Waals surface area (Å²) in [6, 6.07) is 21.9. The lowest BCUT2D eigenvalue weighted by atomic mass is 10.0. The Bertz CT molecular complexity index is 1150. The number of hydrogen-bond acceptors (Lipinski definition) is 4. The molecule has 1 aliphatic rings. The lowest BCUT2D eigenvalue weighted by molar-refractivity contribution is 0.0608. The third kappa shape index (κ3) is 5.78. The lowest BCUT2D eigenvalue weighted by Crippen LogP contribution is -2.40. The van der Waals surface area contributed by atoms with Crippen LogP contribution in [-0.2, 0) is 11.4 Å². The van der Waals surface area contributed by atoms with Gasteiger partial charge in [-0.2, -0.15) is 0 Å². The maximum Gasteiger partial charge on any atom is 0.322 e. The van der Waals surface area contributed by atoms with Crippen molar-refractivity contribution in [1.82, 2.24) is 4.90 Å². The largest absolute Gasteiger partial charge is 0.495 e. The summed E-state index contributed by atoms with van der Waals surface area (Å²) >= 11 is 12.4. The Balaban J connectivity index is 1.50. The molecule has 3 aromatic rings. The summed E-state index contributed by atoms with van der Waals surface area (Å²) in [5, 5.41) is 8.43. The quantitative estimate of drug-likeness (QED) is 0.433. The van der Waals surface area contributed by atoms with Crippen LogP contribution in [0.5, 0.6) is 5.75 Å². The molecular formula is C25H23Cl2N3O3. The molecule has 33 heavy (non-hydrogen) atoms. The van der Waals surface area contributed by atoms with Crippen LogP contribution in [0, 0.1) is 0 Å². The number of methoxy groups -OCH3 is 1. The van der Waals surface area contributed by atoms with Crippen LogP contribution in [-0.4, -0.2) is 36.4 Å². The first-order valence-electron chi connectivity index (χ1n) is 10.4. The molecule has 1 N–H and O–H groups in total. The number of hydrogen-bond donors (Lipinski definition) is 1. The average Bonchev–Trinajstić information content (AvgIpc) is 3.29. The van der Waals surface area contributed by atoms with Crippen molar-refractivity contribution < 1.29 is 14.4 Å². The highest BCUT2D eigenvalue weighted by Gasteiger charge is 2.27. The molecule has 0 aliphatic carbocycles. The van der Waals surface area contributed by atoms with Gasteiger partial charge in [0, 0.05) is 23.0 Å². The number of amides is 2. The van der Waals surface area contributed by atoms with Crippen molar-refractivity contribution in [3.05, 3.63) is 94.0 Å². The first-order valence-corrected chi connectivity index (χ1v) is 11.2. The smallest absolute Gasteiger partial charge is 0.322 e. The van der Waals surface area contributed by atoms with Gasteiger partial charge in [0.2, 0.25) is 0 Å². The van der Waals surface area contributed by atoms with Gasteiger partial charge in [-0.3, -0.25) is 0 Å². The number of para-hydroxylation sites is 2. The number of carbonyl (C=O) groups is 1. The Hall–Kier alpha value is -3.22. The van der Waals surface area contributed by atoms with Crippen LogP contribution in [0.1, 0.15) is 17.5 Å². The molecule has 170 valence electrons. The Labute approximate surface area is 202 Å². The lowest BCUT2D eigenvalue weighted by Gasteiger charge is -2.26. The molecule has 1 atom stereocenters. The van der Waals surface area contributed by atoms with Crippen molar-refractivity contribution in [2.75, 3.05) is 19.0 Å². The molecule has 1 heterocycles. The third-order valence-electron chi connectivity index (χ3n) is 5.29. The number of anilines is 1. The van der Waals surface area contributed by atoms with E-state index in [0.29, 0.717) is 41.0 Å². The summed E-state index contributed by atoms with van der Waals surface area (Å²) in [6.45, 7) is 0.642. The van der Waals surface area contributed by atoms with Crippen LogP contribution < -0.4 is 10.1 Å². The molecule has 0 saturated heterocycles. The Morgan fingerprint density at radius 3 is 2.58 bits per heavy atom. The molecule has 8 heteroatoms. The maximum absolute atomic E-state index is 13.3. The van der Waals surface area contributed by atoms with Gasteiger partial charge >= 0.3 is 6.03 Å². The summed E-state index contributed by atoms with van der Waals surface area (Å²) < 4.78 is 5.36. The number of oxime groups is 1. The van der Waals surface area contributed by atoms with Crippen molar-refractivity contribution in [3.63, 3.8) is 0 Å². The summed E-state index contributed by atoms with van der Waals surface area (Å²) in [6.07, 6.45) is 0.282. The number of carbonyl (C=O) groups excluding carboxylic acids is 1. The van der Waals surface area contributed by atoms with Gasteiger partial charge < -0.3 is 19.8 Å². The van der Waals surface area contributed by atoms with E-state index in [9.17, 15) is 4.79 Å². The van der Waals surface area contributed by atoms with Crippen LogP contribution >= 0.6 is 23.2 Å². The normalized spacial score (nSPS) is 14.9. The van der Waals surface area contributed by atoms with Crippen molar-refractivity contribution in [2.45, 2.75) is 19.1 Å². The minimum atomic E-state index is -0.290. The van der Waals surface area contributed by atoms with E-state index in [1.807, 2.05) is 54.6 Å². The molecule has 0 unspecified atom stereocenters. The minimum Gasteiger partial charge on any atom is -0.495 e. The van der Waals surface area contributed by atoms with E-state index in [0.717, 1.165) is 16.8 Å². The maximum atomic E-state index is 13.3.